The minimum Gasteiger partial charge on any atom is -0.497 e. The van der Waals surface area contributed by atoms with E-state index in [0.29, 0.717) is 13.2 Å². The first-order valence-corrected chi connectivity index (χ1v) is 7.26. The smallest absolute Gasteiger partial charge is 0.123 e. The number of hydrogen-bond donors (Lipinski definition) is 1. The van der Waals surface area contributed by atoms with Crippen LogP contribution in [0.25, 0.3) is 0 Å². The second kappa shape index (κ2) is 7.34. The van der Waals surface area contributed by atoms with Crippen LogP contribution in [0.15, 0.2) is 36.4 Å². The number of ether oxygens (including phenoxy) is 2. The molecular formula is C17H20ClNO2. The van der Waals surface area contributed by atoms with E-state index in [1.807, 2.05) is 43.3 Å². The van der Waals surface area contributed by atoms with E-state index >= 15 is 0 Å². The van der Waals surface area contributed by atoms with Crippen molar-refractivity contribution in [1.29, 1.82) is 0 Å². The lowest BCUT2D eigenvalue weighted by atomic mass is 10.1. The Kier molecular flexibility index (Phi) is 5.48. The molecule has 2 rings (SSSR count). The van der Waals surface area contributed by atoms with Gasteiger partial charge in [0.1, 0.15) is 18.1 Å². The maximum Gasteiger partial charge on any atom is 0.123 e. The molecule has 0 fully saturated rings. The molecule has 0 unspecified atom stereocenters. The van der Waals surface area contributed by atoms with Crippen LogP contribution in [0.4, 0.5) is 0 Å². The van der Waals surface area contributed by atoms with Crippen molar-refractivity contribution >= 4 is 11.6 Å². The zero-order valence-electron chi connectivity index (χ0n) is 12.4. The Labute approximate surface area is 130 Å². The molecule has 2 N–H and O–H groups in total. The molecule has 0 spiro atoms. The van der Waals surface area contributed by atoms with Crippen LogP contribution in [0.3, 0.4) is 0 Å². The maximum atomic E-state index is 6.22. The van der Waals surface area contributed by atoms with Crippen molar-refractivity contribution < 1.29 is 9.47 Å². The van der Waals surface area contributed by atoms with E-state index in [0.717, 1.165) is 39.6 Å². The zero-order chi connectivity index (χ0) is 15.2. The van der Waals surface area contributed by atoms with Gasteiger partial charge in [-0.2, -0.15) is 0 Å². The quantitative estimate of drug-likeness (QED) is 0.884. The summed E-state index contributed by atoms with van der Waals surface area (Å²) in [5, 5.41) is 0.726. The minimum absolute atomic E-state index is 0.434. The summed E-state index contributed by atoms with van der Waals surface area (Å²) in [5.74, 6) is 1.62. The molecule has 2 aromatic rings. The summed E-state index contributed by atoms with van der Waals surface area (Å²) in [7, 11) is 1.65. The molecule has 0 radical (unpaired) electrons. The van der Waals surface area contributed by atoms with Gasteiger partial charge >= 0.3 is 0 Å². The Balaban J connectivity index is 2.15. The summed E-state index contributed by atoms with van der Waals surface area (Å²) in [6.07, 6.45) is 0.744. The molecule has 0 aliphatic rings. The molecule has 2 aromatic carbocycles. The number of nitrogens with two attached hydrogens (primary N) is 1. The lowest BCUT2D eigenvalue weighted by molar-refractivity contribution is 0.302. The highest BCUT2D eigenvalue weighted by atomic mass is 35.5. The van der Waals surface area contributed by atoms with E-state index in [9.17, 15) is 0 Å². The van der Waals surface area contributed by atoms with E-state index in [4.69, 9.17) is 26.8 Å². The third kappa shape index (κ3) is 4.13. The standard InChI is InChI=1S/C17H20ClNO2/c1-12-3-4-14(16(18)9-12)11-21-17-6-5-15(20-2)10-13(17)7-8-19/h3-6,9-10H,7-8,11,19H2,1-2H3. The van der Waals surface area contributed by atoms with Crippen LogP contribution in [-0.2, 0) is 13.0 Å². The zero-order valence-corrected chi connectivity index (χ0v) is 13.1. The molecule has 0 aromatic heterocycles. The molecule has 112 valence electrons. The van der Waals surface area contributed by atoms with Gasteiger partial charge in [-0.15, -0.1) is 0 Å². The molecule has 0 amide bonds. The Morgan fingerprint density at radius 3 is 2.57 bits per heavy atom. The fourth-order valence-corrected chi connectivity index (χ4v) is 2.39. The summed E-state index contributed by atoms with van der Waals surface area (Å²) in [4.78, 5) is 0. The van der Waals surface area contributed by atoms with Crippen LogP contribution < -0.4 is 15.2 Å². The molecule has 3 nitrogen and oxygen atoms in total. The van der Waals surface area contributed by atoms with Crippen LogP contribution in [0.2, 0.25) is 5.02 Å². The third-order valence-electron chi connectivity index (χ3n) is 3.27. The lowest BCUT2D eigenvalue weighted by Crippen LogP contribution is -2.06. The number of hydrogen-bond acceptors (Lipinski definition) is 3. The van der Waals surface area contributed by atoms with Gasteiger partial charge in [-0.3, -0.25) is 0 Å². The first-order chi connectivity index (χ1) is 10.1. The largest absolute Gasteiger partial charge is 0.497 e. The van der Waals surface area contributed by atoms with Crippen molar-refractivity contribution in [2.45, 2.75) is 20.0 Å². The number of benzene rings is 2. The van der Waals surface area contributed by atoms with E-state index in [-0.39, 0.29) is 0 Å². The monoisotopic (exact) mass is 305 g/mol. The molecular weight excluding hydrogens is 286 g/mol. The molecule has 0 saturated carbocycles. The number of halogens is 1. The van der Waals surface area contributed by atoms with Gasteiger partial charge in [0, 0.05) is 10.6 Å². The maximum absolute atomic E-state index is 6.22. The molecule has 4 heteroatoms. The fourth-order valence-electron chi connectivity index (χ4n) is 2.10. The first-order valence-electron chi connectivity index (χ1n) is 6.89. The van der Waals surface area contributed by atoms with Crippen LogP contribution in [0, 0.1) is 6.92 Å². The molecule has 0 atom stereocenters. The molecule has 0 saturated heterocycles. The van der Waals surface area contributed by atoms with Crippen LogP contribution in [0.5, 0.6) is 11.5 Å². The summed E-state index contributed by atoms with van der Waals surface area (Å²) >= 11 is 6.22. The summed E-state index contributed by atoms with van der Waals surface area (Å²) in [5.41, 5.74) is 8.80. The van der Waals surface area contributed by atoms with Crippen molar-refractivity contribution in [1.82, 2.24) is 0 Å². The average Bonchev–Trinajstić information content (AvgIpc) is 2.47. The first kappa shape index (κ1) is 15.7. The molecule has 21 heavy (non-hydrogen) atoms. The van der Waals surface area contributed by atoms with Crippen LogP contribution in [0.1, 0.15) is 16.7 Å². The van der Waals surface area contributed by atoms with Crippen molar-refractivity contribution in [2.75, 3.05) is 13.7 Å². The van der Waals surface area contributed by atoms with Crippen molar-refractivity contribution in [2.24, 2.45) is 5.73 Å². The summed E-state index contributed by atoms with van der Waals surface area (Å²) in [6, 6.07) is 11.7. The van der Waals surface area contributed by atoms with E-state index in [2.05, 4.69) is 0 Å². The minimum atomic E-state index is 0.434. The summed E-state index contributed by atoms with van der Waals surface area (Å²) < 4.78 is 11.1. The van der Waals surface area contributed by atoms with Crippen LogP contribution in [-0.4, -0.2) is 13.7 Å². The highest BCUT2D eigenvalue weighted by molar-refractivity contribution is 6.31. The Morgan fingerprint density at radius 1 is 1.10 bits per heavy atom. The molecule has 0 heterocycles. The predicted octanol–water partition coefficient (Wildman–Crippen LogP) is 3.74. The van der Waals surface area contributed by atoms with Gasteiger partial charge in [-0.1, -0.05) is 23.7 Å². The van der Waals surface area contributed by atoms with E-state index in [1.54, 1.807) is 7.11 Å². The van der Waals surface area contributed by atoms with Crippen LogP contribution >= 0.6 is 11.6 Å². The Morgan fingerprint density at radius 2 is 1.90 bits per heavy atom. The highest BCUT2D eigenvalue weighted by Gasteiger charge is 2.07. The van der Waals surface area contributed by atoms with Gasteiger partial charge in [0.25, 0.3) is 0 Å². The number of aryl methyl sites for hydroxylation is 1. The third-order valence-corrected chi connectivity index (χ3v) is 3.62. The highest BCUT2D eigenvalue weighted by Crippen LogP contribution is 2.26. The molecule has 0 aliphatic heterocycles. The fraction of sp³-hybridized carbons (Fsp3) is 0.294. The lowest BCUT2D eigenvalue weighted by Gasteiger charge is -2.13. The average molecular weight is 306 g/mol. The topological polar surface area (TPSA) is 44.5 Å². The summed E-state index contributed by atoms with van der Waals surface area (Å²) in [6.45, 7) is 3.01. The predicted molar refractivity (Wildman–Crippen MR) is 86.3 cm³/mol. The van der Waals surface area contributed by atoms with Crippen molar-refractivity contribution in [3.8, 4) is 11.5 Å². The van der Waals surface area contributed by atoms with E-state index in [1.165, 1.54) is 0 Å². The normalized spacial score (nSPS) is 10.5. The number of methoxy groups -OCH3 is 1. The SMILES string of the molecule is COc1ccc(OCc2ccc(C)cc2Cl)c(CCN)c1. The molecule has 0 bridgehead atoms. The van der Waals surface area contributed by atoms with Crippen molar-refractivity contribution in [3.05, 3.63) is 58.1 Å². The number of rotatable bonds is 6. The van der Waals surface area contributed by atoms with E-state index < -0.39 is 0 Å². The van der Waals surface area contributed by atoms with Gasteiger partial charge < -0.3 is 15.2 Å². The second-order valence-corrected chi connectivity index (χ2v) is 5.30. The Hall–Kier alpha value is -1.71. The van der Waals surface area contributed by atoms with Gasteiger partial charge in [0.2, 0.25) is 0 Å². The second-order valence-electron chi connectivity index (χ2n) is 4.90. The molecule has 0 aliphatic carbocycles. The van der Waals surface area contributed by atoms with Gasteiger partial charge in [0.15, 0.2) is 0 Å². The Bertz CT molecular complexity index is 614. The van der Waals surface area contributed by atoms with Gasteiger partial charge in [-0.05, 0) is 55.3 Å². The van der Waals surface area contributed by atoms with Gasteiger partial charge in [0.05, 0.1) is 7.11 Å². The van der Waals surface area contributed by atoms with Gasteiger partial charge in [-0.25, -0.2) is 0 Å². The van der Waals surface area contributed by atoms with Crippen molar-refractivity contribution in [3.63, 3.8) is 0 Å².